The van der Waals surface area contributed by atoms with Crippen molar-refractivity contribution in [1.82, 2.24) is 9.88 Å². The number of hydrogen-bond acceptors (Lipinski definition) is 6. The summed E-state index contributed by atoms with van der Waals surface area (Å²) in [5.41, 5.74) is 2.92. The summed E-state index contributed by atoms with van der Waals surface area (Å²) in [7, 11) is -3.24. The minimum Gasteiger partial charge on any atom is -0.299 e. The van der Waals surface area contributed by atoms with Gasteiger partial charge in [-0.2, -0.15) is 0 Å². The summed E-state index contributed by atoms with van der Waals surface area (Å²) in [6.07, 6.45) is 0.524. The zero-order chi connectivity index (χ0) is 24.5. The molecule has 34 heavy (non-hydrogen) atoms. The van der Waals surface area contributed by atoms with Crippen molar-refractivity contribution in [1.29, 1.82) is 0 Å². The topological polar surface area (TPSA) is 67.3 Å². The SMILES string of the molecule is CCS(=O)(=O)c1ccc(CC(=O)Cc2nc3c(s2)CN(Cc2ccc(F)cc2)[C@@H]3C(C)C)cc1. The van der Waals surface area contributed by atoms with Crippen molar-refractivity contribution in [2.24, 2.45) is 5.92 Å². The summed E-state index contributed by atoms with van der Waals surface area (Å²) in [6, 6.07) is 13.3. The van der Waals surface area contributed by atoms with Crippen LogP contribution >= 0.6 is 11.3 Å². The van der Waals surface area contributed by atoms with E-state index in [2.05, 4.69) is 18.7 Å². The summed E-state index contributed by atoms with van der Waals surface area (Å²) in [6.45, 7) is 7.46. The Morgan fingerprint density at radius 1 is 1.09 bits per heavy atom. The first-order chi connectivity index (χ1) is 16.2. The molecular weight excluding hydrogens is 471 g/mol. The monoisotopic (exact) mass is 500 g/mol. The van der Waals surface area contributed by atoms with Gasteiger partial charge in [-0.05, 0) is 41.3 Å². The molecule has 0 amide bonds. The maximum atomic E-state index is 13.3. The van der Waals surface area contributed by atoms with Crippen molar-refractivity contribution >= 4 is 27.0 Å². The van der Waals surface area contributed by atoms with Crippen LogP contribution in [0, 0.1) is 11.7 Å². The van der Waals surface area contributed by atoms with Crippen LogP contribution in [0.1, 0.15) is 53.5 Å². The van der Waals surface area contributed by atoms with Gasteiger partial charge in [-0.1, -0.05) is 45.0 Å². The van der Waals surface area contributed by atoms with Gasteiger partial charge in [0.05, 0.1) is 28.8 Å². The van der Waals surface area contributed by atoms with Crippen molar-refractivity contribution in [2.45, 2.75) is 57.6 Å². The molecule has 0 radical (unpaired) electrons. The number of aromatic nitrogens is 1. The number of sulfone groups is 1. The van der Waals surface area contributed by atoms with E-state index in [0.717, 1.165) is 34.9 Å². The lowest BCUT2D eigenvalue weighted by Crippen LogP contribution is -2.26. The van der Waals surface area contributed by atoms with E-state index >= 15 is 0 Å². The molecule has 1 aliphatic rings. The molecular formula is C26H29FN2O3S2. The molecule has 0 bridgehead atoms. The van der Waals surface area contributed by atoms with E-state index < -0.39 is 9.84 Å². The quantitative estimate of drug-likeness (QED) is 0.407. The molecule has 0 unspecified atom stereocenters. The first kappa shape index (κ1) is 24.7. The highest BCUT2D eigenvalue weighted by Crippen LogP contribution is 2.41. The van der Waals surface area contributed by atoms with Gasteiger partial charge >= 0.3 is 0 Å². The molecule has 8 heteroatoms. The molecule has 2 heterocycles. The Balaban J connectivity index is 1.41. The molecule has 180 valence electrons. The zero-order valence-electron chi connectivity index (χ0n) is 19.6. The number of carbonyl (C=O) groups is 1. The van der Waals surface area contributed by atoms with Crippen LogP contribution in [-0.2, 0) is 40.6 Å². The van der Waals surface area contributed by atoms with Gasteiger partial charge in [-0.3, -0.25) is 9.69 Å². The molecule has 0 saturated heterocycles. The third kappa shape index (κ3) is 5.45. The molecule has 1 aliphatic heterocycles. The number of halogens is 1. The summed E-state index contributed by atoms with van der Waals surface area (Å²) in [5.74, 6) is 0.231. The molecule has 3 aromatic rings. The van der Waals surface area contributed by atoms with E-state index in [1.54, 1.807) is 42.5 Å². The molecule has 0 N–H and O–H groups in total. The smallest absolute Gasteiger partial charge is 0.178 e. The Bertz CT molecular complexity index is 1270. The van der Waals surface area contributed by atoms with E-state index in [9.17, 15) is 17.6 Å². The third-order valence-corrected chi connectivity index (χ3v) is 8.94. The molecule has 0 aliphatic carbocycles. The highest BCUT2D eigenvalue weighted by Gasteiger charge is 2.36. The van der Waals surface area contributed by atoms with Crippen molar-refractivity contribution in [3.05, 3.63) is 81.1 Å². The lowest BCUT2D eigenvalue weighted by Gasteiger charge is -2.27. The Morgan fingerprint density at radius 3 is 2.35 bits per heavy atom. The van der Waals surface area contributed by atoms with Crippen LogP contribution in [-0.4, -0.2) is 29.8 Å². The first-order valence-corrected chi connectivity index (χ1v) is 13.9. The van der Waals surface area contributed by atoms with E-state index in [4.69, 9.17) is 4.98 Å². The number of nitrogens with zero attached hydrogens (tertiary/aromatic N) is 2. The number of thiazole rings is 1. The molecule has 5 nitrogen and oxygen atoms in total. The van der Waals surface area contributed by atoms with Gasteiger partial charge in [0.2, 0.25) is 0 Å². The Labute approximate surface area is 204 Å². The van der Waals surface area contributed by atoms with Crippen LogP contribution in [0.5, 0.6) is 0 Å². The minimum atomic E-state index is -3.24. The fourth-order valence-electron chi connectivity index (χ4n) is 4.45. The second-order valence-electron chi connectivity index (χ2n) is 9.08. The largest absolute Gasteiger partial charge is 0.299 e. The van der Waals surface area contributed by atoms with Gasteiger partial charge in [0.1, 0.15) is 16.6 Å². The second-order valence-corrected chi connectivity index (χ2v) is 12.5. The van der Waals surface area contributed by atoms with Crippen LogP contribution in [0.3, 0.4) is 0 Å². The number of rotatable bonds is 9. The number of Topliss-reactive ketones (excluding diaryl/α,β-unsaturated/α-hetero) is 1. The Hall–Kier alpha value is -2.42. The number of ketones is 1. The zero-order valence-corrected chi connectivity index (χ0v) is 21.3. The van der Waals surface area contributed by atoms with Crippen LogP contribution in [0.15, 0.2) is 53.4 Å². The fourth-order valence-corrected chi connectivity index (χ4v) is 6.49. The van der Waals surface area contributed by atoms with Gasteiger partial charge in [-0.25, -0.2) is 17.8 Å². The lowest BCUT2D eigenvalue weighted by molar-refractivity contribution is -0.117. The van der Waals surface area contributed by atoms with Crippen molar-refractivity contribution in [3.63, 3.8) is 0 Å². The van der Waals surface area contributed by atoms with Gasteiger partial charge in [0.25, 0.3) is 0 Å². The number of fused-ring (bicyclic) bond motifs is 1. The maximum Gasteiger partial charge on any atom is 0.178 e. The average molecular weight is 501 g/mol. The molecule has 2 aromatic carbocycles. The first-order valence-electron chi connectivity index (χ1n) is 11.5. The lowest BCUT2D eigenvalue weighted by atomic mass is 10.0. The van der Waals surface area contributed by atoms with Gasteiger partial charge < -0.3 is 0 Å². The Kier molecular flexibility index (Phi) is 7.31. The predicted octanol–water partition coefficient (Wildman–Crippen LogP) is 5.14. The fraction of sp³-hybridized carbons (Fsp3) is 0.385. The maximum absolute atomic E-state index is 13.3. The minimum absolute atomic E-state index is 0.0543. The Morgan fingerprint density at radius 2 is 1.74 bits per heavy atom. The summed E-state index contributed by atoms with van der Waals surface area (Å²) in [4.78, 5) is 21.4. The normalized spacial score (nSPS) is 16.2. The third-order valence-electron chi connectivity index (χ3n) is 6.13. The van der Waals surface area contributed by atoms with Crippen LogP contribution in [0.4, 0.5) is 4.39 Å². The van der Waals surface area contributed by atoms with Gasteiger partial charge in [-0.15, -0.1) is 11.3 Å². The highest BCUT2D eigenvalue weighted by atomic mass is 32.2. The number of carbonyl (C=O) groups excluding carboxylic acids is 1. The van der Waals surface area contributed by atoms with Gasteiger partial charge in [0, 0.05) is 24.4 Å². The number of benzene rings is 2. The van der Waals surface area contributed by atoms with E-state index in [1.165, 1.54) is 17.0 Å². The highest BCUT2D eigenvalue weighted by molar-refractivity contribution is 7.91. The van der Waals surface area contributed by atoms with Crippen molar-refractivity contribution in [2.75, 3.05) is 5.75 Å². The van der Waals surface area contributed by atoms with E-state index in [1.807, 2.05) is 12.1 Å². The van der Waals surface area contributed by atoms with Crippen LogP contribution in [0.25, 0.3) is 0 Å². The van der Waals surface area contributed by atoms with E-state index in [0.29, 0.717) is 5.92 Å². The average Bonchev–Trinajstić information content (AvgIpc) is 3.31. The van der Waals surface area contributed by atoms with Crippen molar-refractivity contribution < 1.29 is 17.6 Å². The molecule has 0 saturated carbocycles. The molecule has 1 aromatic heterocycles. The summed E-state index contributed by atoms with van der Waals surface area (Å²) in [5, 5.41) is 0.826. The number of hydrogen-bond donors (Lipinski definition) is 0. The van der Waals surface area contributed by atoms with Gasteiger partial charge in [0.15, 0.2) is 9.84 Å². The van der Waals surface area contributed by atoms with Crippen LogP contribution in [0.2, 0.25) is 0 Å². The standard InChI is InChI=1S/C26H29FN2O3S2/c1-4-34(31,32)22-11-7-18(8-12-22)13-21(30)14-24-28-25-23(33-24)16-29(26(25)17(2)3)15-19-5-9-20(27)10-6-19/h5-12,17,26H,4,13-16H2,1-3H3/t26-/m1/s1. The van der Waals surface area contributed by atoms with Crippen molar-refractivity contribution in [3.8, 4) is 0 Å². The molecule has 0 spiro atoms. The van der Waals surface area contributed by atoms with Crippen LogP contribution < -0.4 is 0 Å². The summed E-state index contributed by atoms with van der Waals surface area (Å²) < 4.78 is 37.2. The van der Waals surface area contributed by atoms with E-state index in [-0.39, 0.29) is 41.1 Å². The molecule has 0 fully saturated rings. The predicted molar refractivity (Wildman–Crippen MR) is 132 cm³/mol. The molecule has 4 rings (SSSR count). The molecule has 1 atom stereocenters. The second kappa shape index (κ2) is 10.1. The summed E-state index contributed by atoms with van der Waals surface area (Å²) >= 11 is 1.59.